The first-order chi connectivity index (χ1) is 36.7. The third-order valence-corrected chi connectivity index (χ3v) is 21.0. The van der Waals surface area contributed by atoms with Gasteiger partial charge in [-0.15, -0.1) is 0 Å². The Hall–Kier alpha value is -7.81. The van der Waals surface area contributed by atoms with E-state index >= 15 is 0 Å². The Morgan fingerprint density at radius 3 is 1.20 bits per heavy atom. The van der Waals surface area contributed by atoms with Gasteiger partial charge in [-0.1, -0.05) is 0 Å². The van der Waals surface area contributed by atoms with E-state index in [1.54, 1.807) is 0 Å². The summed E-state index contributed by atoms with van der Waals surface area (Å²) in [6, 6.07) is 83.2. The summed E-state index contributed by atoms with van der Waals surface area (Å²) < 4.78 is 20.0. The van der Waals surface area contributed by atoms with Gasteiger partial charge in [-0.05, 0) is 0 Å². The van der Waals surface area contributed by atoms with Crippen molar-refractivity contribution in [1.82, 2.24) is 9.97 Å². The fourth-order valence-corrected chi connectivity index (χ4v) is 19.1. The second-order valence-electron chi connectivity index (χ2n) is 18.8. The van der Waals surface area contributed by atoms with Crippen molar-refractivity contribution in [3.8, 4) is 45.5 Å². The Labute approximate surface area is 450 Å². The zero-order chi connectivity index (χ0) is 48.7. The van der Waals surface area contributed by atoms with Crippen molar-refractivity contribution in [3.05, 3.63) is 243 Å². The standard InChI is InChI=1S/C64H40B2N4O2Te2/c1-3-19-41(20-4-1)69(53-29-11-7-23-45(53)51-27-15-17-33-67-51)43-35-57-63-61(37-43)73-59-40-60-50(39-49(59)65(63)47-25-9-13-31-55(47)71-57)66-48-26-10-14-32-56(48)72-58-36-44(38-62(74-60)64(58)66)70(42-21-5-2-6-22-42)54-30-12-8-24-46(54)52-28-16-18-34-68-52/h1-40H. The molecule has 0 amide bonds. The van der Waals surface area contributed by atoms with E-state index < -0.39 is 41.8 Å². The Morgan fingerprint density at radius 1 is 0.324 bits per heavy atom. The predicted molar refractivity (Wildman–Crippen MR) is 308 cm³/mol. The van der Waals surface area contributed by atoms with E-state index in [1.807, 2.05) is 24.5 Å². The molecule has 4 aliphatic heterocycles. The van der Waals surface area contributed by atoms with Crippen molar-refractivity contribution in [2.75, 3.05) is 9.80 Å². The molecule has 74 heavy (non-hydrogen) atoms. The average Bonchev–Trinajstić information content (AvgIpc) is 3.49. The number of fused-ring (bicyclic) bond motifs is 8. The summed E-state index contributed by atoms with van der Waals surface area (Å²) in [6.07, 6.45) is 3.75. The van der Waals surface area contributed by atoms with Crippen LogP contribution in [0.1, 0.15) is 0 Å². The number of hydrogen-bond acceptors (Lipinski definition) is 6. The van der Waals surface area contributed by atoms with Crippen molar-refractivity contribution >= 4 is 137 Å². The van der Waals surface area contributed by atoms with Crippen LogP contribution < -0.4 is 66.5 Å². The van der Waals surface area contributed by atoms with Crippen LogP contribution in [0.4, 0.5) is 34.1 Å². The summed E-state index contributed by atoms with van der Waals surface area (Å²) >= 11 is -1.84. The van der Waals surface area contributed by atoms with Crippen molar-refractivity contribution < 1.29 is 9.47 Å². The maximum atomic E-state index is 7.08. The molecule has 0 unspecified atom stereocenters. The molecule has 0 fully saturated rings. The molecule has 0 radical (unpaired) electrons. The minimum atomic E-state index is -0.920. The molecule has 15 rings (SSSR count). The molecule has 6 nitrogen and oxygen atoms in total. The summed E-state index contributed by atoms with van der Waals surface area (Å²) in [6.45, 7) is 0.0586. The second kappa shape index (κ2) is 18.0. The van der Waals surface area contributed by atoms with Crippen molar-refractivity contribution in [3.63, 3.8) is 0 Å². The fraction of sp³-hybridized carbons (Fsp3) is 0. The van der Waals surface area contributed by atoms with Gasteiger partial charge < -0.3 is 0 Å². The molecular formula is C64H40B2N4O2Te2. The quantitative estimate of drug-likeness (QED) is 0.144. The molecule has 9 aromatic carbocycles. The van der Waals surface area contributed by atoms with Crippen LogP contribution in [0, 0.1) is 0 Å². The van der Waals surface area contributed by atoms with Crippen molar-refractivity contribution in [2.45, 2.75) is 0 Å². The van der Waals surface area contributed by atoms with Crippen LogP contribution in [-0.2, 0) is 0 Å². The van der Waals surface area contributed by atoms with Gasteiger partial charge in [-0.2, -0.15) is 0 Å². The molecule has 2 aromatic heterocycles. The molecule has 0 bridgehead atoms. The summed E-state index contributed by atoms with van der Waals surface area (Å²) in [5, 5.41) is 0. The Balaban J connectivity index is 0.908. The third kappa shape index (κ3) is 7.24. The average molecular weight is 1170 g/mol. The molecule has 0 spiro atoms. The maximum absolute atomic E-state index is 7.08. The van der Waals surface area contributed by atoms with Gasteiger partial charge in [0.25, 0.3) is 0 Å². The molecule has 0 atom stereocenters. The van der Waals surface area contributed by atoms with Gasteiger partial charge in [0.05, 0.1) is 0 Å². The molecule has 0 saturated heterocycles. The number of hydrogen-bond donors (Lipinski definition) is 0. The van der Waals surface area contributed by atoms with Gasteiger partial charge >= 0.3 is 454 Å². The van der Waals surface area contributed by atoms with Crippen LogP contribution in [0.15, 0.2) is 243 Å². The minimum absolute atomic E-state index is 0.0293. The number of benzene rings is 9. The normalized spacial score (nSPS) is 12.9. The molecule has 0 aliphatic carbocycles. The Morgan fingerprint density at radius 2 is 0.743 bits per heavy atom. The van der Waals surface area contributed by atoms with Crippen LogP contribution in [0.25, 0.3) is 22.5 Å². The number of aromatic nitrogens is 2. The van der Waals surface area contributed by atoms with Gasteiger partial charge in [0.15, 0.2) is 0 Å². The van der Waals surface area contributed by atoms with Gasteiger partial charge in [0.1, 0.15) is 0 Å². The molecule has 346 valence electrons. The van der Waals surface area contributed by atoms with Crippen molar-refractivity contribution in [2.24, 2.45) is 0 Å². The second-order valence-corrected chi connectivity index (χ2v) is 25.0. The first kappa shape index (κ1) is 43.7. The van der Waals surface area contributed by atoms with Crippen LogP contribution in [0.2, 0.25) is 0 Å². The molecule has 0 N–H and O–H groups in total. The SMILES string of the molecule is c1ccc(N(c2cc3c4c(c2)[Te]c2cc5c(cc2B4c2ccccc2O3)B2c3ccccc3Oc3cc(N(c4ccccc4)c4ccccc4-c4ccccn4)cc(c32)[Te]5)c2ccccc2-c2ccccn2)cc1. The van der Waals surface area contributed by atoms with Crippen LogP contribution >= 0.6 is 0 Å². The van der Waals surface area contributed by atoms with E-state index in [0.29, 0.717) is 0 Å². The number of ether oxygens (including phenoxy) is 2. The van der Waals surface area contributed by atoms with Gasteiger partial charge in [0.2, 0.25) is 0 Å². The summed E-state index contributed by atoms with van der Waals surface area (Å²) in [5.41, 5.74) is 18.3. The van der Waals surface area contributed by atoms with Gasteiger partial charge in [-0.25, -0.2) is 0 Å². The van der Waals surface area contributed by atoms with Crippen LogP contribution in [0.5, 0.6) is 23.0 Å². The number of pyridine rings is 2. The van der Waals surface area contributed by atoms with E-state index in [-0.39, 0.29) is 13.4 Å². The zero-order valence-corrected chi connectivity index (χ0v) is 44.3. The molecular weight excluding hydrogens is 1130 g/mol. The van der Waals surface area contributed by atoms with Gasteiger partial charge in [0, 0.05) is 0 Å². The Kier molecular flexibility index (Phi) is 10.6. The molecule has 10 heteroatoms. The van der Waals surface area contributed by atoms with E-state index in [0.717, 1.165) is 79.6 Å². The number of rotatable bonds is 8. The molecule has 4 aliphatic rings. The van der Waals surface area contributed by atoms with E-state index in [2.05, 4.69) is 228 Å². The van der Waals surface area contributed by atoms with E-state index in [4.69, 9.17) is 19.4 Å². The predicted octanol–water partition coefficient (Wildman–Crippen LogP) is 7.93. The molecule has 11 aromatic rings. The van der Waals surface area contributed by atoms with Gasteiger partial charge in [-0.3, -0.25) is 0 Å². The molecule has 6 heterocycles. The summed E-state index contributed by atoms with van der Waals surface area (Å²) in [5.74, 6) is 3.70. The van der Waals surface area contributed by atoms with E-state index in [9.17, 15) is 0 Å². The monoisotopic (exact) mass is 1180 g/mol. The molecule has 0 saturated carbocycles. The topological polar surface area (TPSA) is 50.7 Å². The first-order valence-electron chi connectivity index (χ1n) is 24.8. The zero-order valence-electron chi connectivity index (χ0n) is 39.7. The number of anilines is 6. The van der Waals surface area contributed by atoms with E-state index in [1.165, 1.54) is 47.2 Å². The fourth-order valence-electron chi connectivity index (χ4n) is 11.4. The third-order valence-electron chi connectivity index (χ3n) is 14.6. The van der Waals surface area contributed by atoms with Crippen LogP contribution in [0.3, 0.4) is 0 Å². The number of para-hydroxylation sites is 6. The Bertz CT molecular complexity index is 3760. The van der Waals surface area contributed by atoms with Crippen LogP contribution in [-0.4, -0.2) is 65.2 Å². The summed E-state index contributed by atoms with van der Waals surface area (Å²) in [4.78, 5) is 14.5. The summed E-state index contributed by atoms with van der Waals surface area (Å²) in [7, 11) is 0. The van der Waals surface area contributed by atoms with Crippen molar-refractivity contribution in [1.29, 1.82) is 0 Å². The number of nitrogens with zero attached hydrogens (tertiary/aromatic N) is 4. The first-order valence-corrected chi connectivity index (χ1v) is 29.5.